The van der Waals surface area contributed by atoms with E-state index in [1.165, 1.54) is 0 Å². The first-order valence-corrected chi connectivity index (χ1v) is 8.83. The average molecular weight is 319 g/mol. The van der Waals surface area contributed by atoms with Crippen LogP contribution in [0.3, 0.4) is 0 Å². The molecule has 20 heavy (non-hydrogen) atoms. The summed E-state index contributed by atoms with van der Waals surface area (Å²) in [6.07, 6.45) is 2.17. The molecule has 0 saturated heterocycles. The highest BCUT2D eigenvalue weighted by molar-refractivity contribution is 8.19. The molecule has 0 aliphatic heterocycles. The van der Waals surface area contributed by atoms with Crippen LogP contribution in [0, 0.1) is 0 Å². The number of rotatable bonds is 9. The third kappa shape index (κ3) is 8.35. The minimum atomic E-state index is -0.0735. The van der Waals surface area contributed by atoms with E-state index in [-0.39, 0.29) is 25.1 Å². The van der Waals surface area contributed by atoms with Gasteiger partial charge in [-0.05, 0) is 27.2 Å². The highest BCUT2D eigenvalue weighted by Crippen LogP contribution is 2.52. The van der Waals surface area contributed by atoms with Crippen LogP contribution in [-0.4, -0.2) is 25.1 Å². The van der Waals surface area contributed by atoms with E-state index in [9.17, 15) is 9.59 Å². The molecule has 4 heteroatoms. The van der Waals surface area contributed by atoms with E-state index in [0.717, 1.165) is 6.42 Å². The standard InChI is InChI=1S/C16H30O2S2/c1-9-16(8,19-14(4,5)10-12(2)17)20-15(6,7)11-13(3)18/h9-11H2,1-8H3. The number of Topliss-reactive ketones (excluding diaryl/α,β-unsaturated/α-hetero) is 2. The quantitative estimate of drug-likeness (QED) is 0.554. The minimum Gasteiger partial charge on any atom is -0.300 e. The molecule has 0 rings (SSSR count). The first kappa shape index (κ1) is 20.0. The third-order valence-electron chi connectivity index (χ3n) is 2.98. The molecule has 0 heterocycles. The normalized spacial score (nSPS) is 13.4. The van der Waals surface area contributed by atoms with Gasteiger partial charge in [-0.3, -0.25) is 9.59 Å². The van der Waals surface area contributed by atoms with Crippen molar-refractivity contribution in [1.82, 2.24) is 0 Å². The van der Waals surface area contributed by atoms with Gasteiger partial charge in [-0.25, -0.2) is 0 Å². The number of carbonyl (C=O) groups is 2. The first-order chi connectivity index (χ1) is 8.81. The van der Waals surface area contributed by atoms with Crippen LogP contribution in [0.15, 0.2) is 0 Å². The lowest BCUT2D eigenvalue weighted by Gasteiger charge is -2.40. The molecule has 0 aliphatic carbocycles. The molecular weight excluding hydrogens is 288 g/mol. The summed E-state index contributed by atoms with van der Waals surface area (Å²) in [6, 6.07) is 0. The fourth-order valence-corrected chi connectivity index (χ4v) is 7.30. The van der Waals surface area contributed by atoms with Gasteiger partial charge in [0.15, 0.2) is 0 Å². The smallest absolute Gasteiger partial charge is 0.131 e. The van der Waals surface area contributed by atoms with Gasteiger partial charge >= 0.3 is 0 Å². The van der Waals surface area contributed by atoms with Crippen molar-refractivity contribution in [1.29, 1.82) is 0 Å². The van der Waals surface area contributed by atoms with Crippen LogP contribution in [0.25, 0.3) is 0 Å². The van der Waals surface area contributed by atoms with E-state index in [0.29, 0.717) is 12.8 Å². The van der Waals surface area contributed by atoms with Crippen molar-refractivity contribution >= 4 is 35.1 Å². The van der Waals surface area contributed by atoms with Crippen molar-refractivity contribution in [2.45, 2.75) is 88.2 Å². The minimum absolute atomic E-state index is 0.0118. The van der Waals surface area contributed by atoms with Gasteiger partial charge in [0, 0.05) is 22.3 Å². The van der Waals surface area contributed by atoms with Gasteiger partial charge in [0.1, 0.15) is 11.6 Å². The van der Waals surface area contributed by atoms with E-state index in [1.807, 2.05) is 23.5 Å². The zero-order chi connectivity index (χ0) is 16.2. The number of hydrogen-bond donors (Lipinski definition) is 0. The lowest BCUT2D eigenvalue weighted by molar-refractivity contribution is -0.118. The van der Waals surface area contributed by atoms with Crippen LogP contribution in [0.4, 0.5) is 0 Å². The van der Waals surface area contributed by atoms with Gasteiger partial charge in [0.25, 0.3) is 0 Å². The van der Waals surface area contributed by atoms with Crippen molar-refractivity contribution in [2.24, 2.45) is 0 Å². The molecule has 0 aromatic rings. The predicted octanol–water partition coefficient (Wildman–Crippen LogP) is 5.09. The number of thioether (sulfide) groups is 2. The SMILES string of the molecule is CCC(C)(SC(C)(C)CC(C)=O)SC(C)(C)CC(C)=O. The van der Waals surface area contributed by atoms with E-state index in [1.54, 1.807) is 13.8 Å². The van der Waals surface area contributed by atoms with Gasteiger partial charge < -0.3 is 0 Å². The van der Waals surface area contributed by atoms with Gasteiger partial charge in [0.05, 0.1) is 4.08 Å². The number of hydrogen-bond acceptors (Lipinski definition) is 4. The zero-order valence-electron chi connectivity index (χ0n) is 14.3. The van der Waals surface area contributed by atoms with E-state index in [4.69, 9.17) is 0 Å². The van der Waals surface area contributed by atoms with Crippen molar-refractivity contribution in [3.8, 4) is 0 Å². The molecule has 0 saturated carbocycles. The Morgan fingerprint density at radius 3 is 1.30 bits per heavy atom. The van der Waals surface area contributed by atoms with E-state index in [2.05, 4.69) is 41.5 Å². The molecule has 0 atom stereocenters. The molecule has 2 nitrogen and oxygen atoms in total. The van der Waals surface area contributed by atoms with Crippen LogP contribution in [-0.2, 0) is 9.59 Å². The Bertz CT molecular complexity index is 329. The number of carbonyl (C=O) groups excluding carboxylic acids is 2. The second-order valence-electron chi connectivity index (χ2n) is 6.97. The van der Waals surface area contributed by atoms with Crippen LogP contribution in [0.1, 0.15) is 74.7 Å². The average Bonchev–Trinajstić information content (AvgIpc) is 2.10. The Hall–Kier alpha value is 0.0400. The van der Waals surface area contributed by atoms with Crippen molar-refractivity contribution in [3.05, 3.63) is 0 Å². The molecule has 0 aromatic heterocycles. The molecule has 0 N–H and O–H groups in total. The van der Waals surface area contributed by atoms with E-state index < -0.39 is 0 Å². The monoisotopic (exact) mass is 318 g/mol. The summed E-state index contributed by atoms with van der Waals surface area (Å²) in [7, 11) is 0. The van der Waals surface area contributed by atoms with Gasteiger partial charge in [0.2, 0.25) is 0 Å². The van der Waals surface area contributed by atoms with Crippen molar-refractivity contribution in [2.75, 3.05) is 0 Å². The Labute approximate surface area is 133 Å². The van der Waals surface area contributed by atoms with Crippen LogP contribution in [0.2, 0.25) is 0 Å². The van der Waals surface area contributed by atoms with E-state index >= 15 is 0 Å². The summed E-state index contributed by atoms with van der Waals surface area (Å²) < 4.78 is -0.135. The molecule has 0 radical (unpaired) electrons. The molecule has 0 spiro atoms. The van der Waals surface area contributed by atoms with Crippen LogP contribution < -0.4 is 0 Å². The lowest BCUT2D eigenvalue weighted by atomic mass is 10.1. The molecule has 0 amide bonds. The fraction of sp³-hybridized carbons (Fsp3) is 0.875. The summed E-state index contributed by atoms with van der Waals surface area (Å²) in [4.78, 5) is 22.8. The fourth-order valence-electron chi connectivity index (χ4n) is 2.61. The highest BCUT2D eigenvalue weighted by Gasteiger charge is 2.38. The maximum atomic E-state index is 11.4. The lowest BCUT2D eigenvalue weighted by Crippen LogP contribution is -2.32. The molecule has 0 aliphatic rings. The summed E-state index contributed by atoms with van der Waals surface area (Å²) >= 11 is 3.72. The molecule has 0 unspecified atom stereocenters. The summed E-state index contributed by atoms with van der Waals surface area (Å²) in [5.41, 5.74) is 0. The van der Waals surface area contributed by atoms with Crippen LogP contribution >= 0.6 is 23.5 Å². The molecule has 118 valence electrons. The van der Waals surface area contributed by atoms with Gasteiger partial charge in [-0.15, -0.1) is 23.5 Å². The summed E-state index contributed by atoms with van der Waals surface area (Å²) in [5, 5.41) is 0. The molecular formula is C16H30O2S2. The van der Waals surface area contributed by atoms with Gasteiger partial charge in [-0.2, -0.15) is 0 Å². The van der Waals surface area contributed by atoms with Crippen molar-refractivity contribution < 1.29 is 9.59 Å². The zero-order valence-corrected chi connectivity index (χ0v) is 15.9. The Balaban J connectivity index is 4.93. The third-order valence-corrected chi connectivity index (χ3v) is 6.31. The van der Waals surface area contributed by atoms with Crippen LogP contribution in [0.5, 0.6) is 0 Å². The largest absolute Gasteiger partial charge is 0.300 e. The maximum Gasteiger partial charge on any atom is 0.131 e. The summed E-state index contributed by atoms with van der Waals surface area (Å²) in [5.74, 6) is 0.461. The predicted molar refractivity (Wildman–Crippen MR) is 92.6 cm³/mol. The Morgan fingerprint density at radius 2 is 1.10 bits per heavy atom. The molecule has 0 bridgehead atoms. The highest BCUT2D eigenvalue weighted by atomic mass is 32.2. The molecule has 0 fully saturated rings. The topological polar surface area (TPSA) is 34.1 Å². The van der Waals surface area contributed by atoms with Crippen molar-refractivity contribution in [3.63, 3.8) is 0 Å². The maximum absolute atomic E-state index is 11.4. The second kappa shape index (κ2) is 7.35. The molecule has 0 aromatic carbocycles. The Morgan fingerprint density at radius 1 is 0.800 bits per heavy atom. The van der Waals surface area contributed by atoms with Gasteiger partial charge in [-0.1, -0.05) is 34.6 Å². The number of ketones is 2. The first-order valence-electron chi connectivity index (χ1n) is 7.20. The Kier molecular flexibility index (Phi) is 7.36. The second-order valence-corrected chi connectivity index (χ2v) is 11.6. The summed E-state index contributed by atoms with van der Waals surface area (Å²) in [6.45, 7) is 16.2.